The molecule has 1 amide bonds. The number of nitro groups is 1. The van der Waals surface area contributed by atoms with Gasteiger partial charge in [-0.3, -0.25) is 19.7 Å². The molecule has 8 heteroatoms. The molecule has 4 rings (SSSR count). The first-order chi connectivity index (χ1) is 14.5. The lowest BCUT2D eigenvalue weighted by Gasteiger charge is -2.12. The van der Waals surface area contributed by atoms with Gasteiger partial charge in [-0.2, -0.15) is 9.78 Å². The number of hydrogen-bond donors (Lipinski definition) is 1. The Morgan fingerprint density at radius 1 is 1.00 bits per heavy atom. The number of non-ortho nitro benzene ring substituents is 1. The molecule has 0 spiro atoms. The van der Waals surface area contributed by atoms with E-state index < -0.39 is 10.8 Å². The van der Waals surface area contributed by atoms with E-state index in [-0.39, 0.29) is 16.9 Å². The van der Waals surface area contributed by atoms with Gasteiger partial charge in [0.2, 0.25) is 0 Å². The van der Waals surface area contributed by atoms with Crippen molar-refractivity contribution in [2.75, 3.05) is 5.32 Å². The number of para-hydroxylation sites is 1. The summed E-state index contributed by atoms with van der Waals surface area (Å²) in [7, 11) is 0. The third-order valence-corrected chi connectivity index (χ3v) is 4.70. The Morgan fingerprint density at radius 3 is 2.37 bits per heavy atom. The molecule has 1 heterocycles. The Bertz CT molecular complexity index is 1350. The van der Waals surface area contributed by atoms with Gasteiger partial charge in [0.25, 0.3) is 17.2 Å². The molecule has 0 unspecified atom stereocenters. The zero-order chi connectivity index (χ0) is 21.3. The van der Waals surface area contributed by atoms with E-state index in [2.05, 4.69) is 10.4 Å². The Kier molecular flexibility index (Phi) is 4.81. The van der Waals surface area contributed by atoms with Gasteiger partial charge in [0.1, 0.15) is 0 Å². The van der Waals surface area contributed by atoms with E-state index in [1.165, 1.54) is 16.8 Å². The van der Waals surface area contributed by atoms with Gasteiger partial charge in [-0.25, -0.2) is 0 Å². The summed E-state index contributed by atoms with van der Waals surface area (Å²) in [6, 6.07) is 19.7. The van der Waals surface area contributed by atoms with Crippen LogP contribution in [0.5, 0.6) is 0 Å². The van der Waals surface area contributed by atoms with Gasteiger partial charge in [-0.1, -0.05) is 42.5 Å². The first-order valence-electron chi connectivity index (χ1n) is 9.09. The number of nitro benzene ring substituents is 1. The monoisotopic (exact) mass is 400 g/mol. The van der Waals surface area contributed by atoms with Crippen molar-refractivity contribution in [2.45, 2.75) is 6.92 Å². The maximum atomic E-state index is 13.1. The third-order valence-electron chi connectivity index (χ3n) is 4.70. The van der Waals surface area contributed by atoms with Gasteiger partial charge in [0.05, 0.1) is 21.7 Å². The van der Waals surface area contributed by atoms with Crippen LogP contribution >= 0.6 is 0 Å². The SMILES string of the molecule is Cc1ccc([N+](=O)[O-])cc1NC(=O)c1nn(-c2ccccc2)c(=O)c2ccccc12. The second-order valence-electron chi connectivity index (χ2n) is 6.66. The number of aromatic nitrogens is 2. The molecule has 0 bridgehead atoms. The van der Waals surface area contributed by atoms with Gasteiger partial charge in [0, 0.05) is 17.5 Å². The van der Waals surface area contributed by atoms with Crippen molar-refractivity contribution >= 4 is 28.1 Å². The first-order valence-corrected chi connectivity index (χ1v) is 9.09. The summed E-state index contributed by atoms with van der Waals surface area (Å²) in [6.07, 6.45) is 0. The molecule has 4 aromatic rings. The molecule has 0 saturated carbocycles. The van der Waals surface area contributed by atoms with Crippen molar-refractivity contribution in [3.63, 3.8) is 0 Å². The van der Waals surface area contributed by atoms with Crippen molar-refractivity contribution in [3.05, 3.63) is 105 Å². The molecule has 0 fully saturated rings. The number of hydrogen-bond acceptors (Lipinski definition) is 5. The lowest BCUT2D eigenvalue weighted by molar-refractivity contribution is -0.384. The van der Waals surface area contributed by atoms with E-state index in [1.807, 2.05) is 6.07 Å². The highest BCUT2D eigenvalue weighted by atomic mass is 16.6. The van der Waals surface area contributed by atoms with Crippen molar-refractivity contribution in [3.8, 4) is 5.69 Å². The van der Waals surface area contributed by atoms with Crippen LogP contribution in [0.25, 0.3) is 16.5 Å². The Hall–Kier alpha value is -4.33. The van der Waals surface area contributed by atoms with Gasteiger partial charge in [-0.05, 0) is 30.7 Å². The molecule has 3 aromatic carbocycles. The van der Waals surface area contributed by atoms with E-state index >= 15 is 0 Å². The topological polar surface area (TPSA) is 107 Å². The number of amides is 1. The van der Waals surface area contributed by atoms with Gasteiger partial charge in [-0.15, -0.1) is 0 Å². The summed E-state index contributed by atoms with van der Waals surface area (Å²) in [6.45, 7) is 1.73. The quantitative estimate of drug-likeness (QED) is 0.413. The van der Waals surface area contributed by atoms with E-state index in [0.29, 0.717) is 27.7 Å². The number of aryl methyl sites for hydroxylation is 1. The standard InChI is InChI=1S/C22H16N4O4/c1-14-11-12-16(26(29)30)13-19(14)23-21(27)20-17-9-5-6-10-18(17)22(28)25(24-20)15-7-3-2-4-8-15/h2-13H,1H3,(H,23,27). The second kappa shape index (κ2) is 7.59. The highest BCUT2D eigenvalue weighted by Crippen LogP contribution is 2.23. The van der Waals surface area contributed by atoms with Crippen LogP contribution in [-0.4, -0.2) is 20.6 Å². The van der Waals surface area contributed by atoms with E-state index in [0.717, 1.165) is 0 Å². The van der Waals surface area contributed by atoms with Crippen molar-refractivity contribution in [2.24, 2.45) is 0 Å². The number of carbonyl (C=O) groups excluding carboxylic acids is 1. The summed E-state index contributed by atoms with van der Waals surface area (Å²) in [5, 5.41) is 18.8. The average Bonchev–Trinajstić information content (AvgIpc) is 2.76. The number of fused-ring (bicyclic) bond motifs is 1. The van der Waals surface area contributed by atoms with E-state index in [9.17, 15) is 19.7 Å². The Balaban J connectivity index is 1.86. The average molecular weight is 400 g/mol. The molecule has 0 aliphatic carbocycles. The van der Waals surface area contributed by atoms with Gasteiger partial charge >= 0.3 is 0 Å². The molecule has 0 radical (unpaired) electrons. The van der Waals surface area contributed by atoms with Gasteiger partial charge in [0.15, 0.2) is 5.69 Å². The molecule has 1 N–H and O–H groups in total. The maximum Gasteiger partial charge on any atom is 0.279 e. The molecule has 148 valence electrons. The number of benzene rings is 3. The number of rotatable bonds is 4. The summed E-state index contributed by atoms with van der Waals surface area (Å²) in [5.41, 5.74) is 1.05. The molecule has 30 heavy (non-hydrogen) atoms. The molecule has 0 aliphatic rings. The molecule has 0 atom stereocenters. The zero-order valence-corrected chi connectivity index (χ0v) is 15.9. The minimum absolute atomic E-state index is 0.0416. The lowest BCUT2D eigenvalue weighted by atomic mass is 10.1. The number of nitrogens with one attached hydrogen (secondary N) is 1. The number of nitrogens with zero attached hydrogens (tertiary/aromatic N) is 3. The Labute approximate surface area is 170 Å². The van der Waals surface area contributed by atoms with E-state index in [4.69, 9.17) is 0 Å². The van der Waals surface area contributed by atoms with Crippen molar-refractivity contribution in [1.82, 2.24) is 9.78 Å². The van der Waals surface area contributed by atoms with Crippen LogP contribution in [0.4, 0.5) is 11.4 Å². The maximum absolute atomic E-state index is 13.1. The fourth-order valence-corrected chi connectivity index (χ4v) is 3.14. The second-order valence-corrected chi connectivity index (χ2v) is 6.66. The highest BCUT2D eigenvalue weighted by molar-refractivity contribution is 6.11. The largest absolute Gasteiger partial charge is 0.320 e. The van der Waals surface area contributed by atoms with Gasteiger partial charge < -0.3 is 5.32 Å². The first kappa shape index (κ1) is 19.0. The zero-order valence-electron chi connectivity index (χ0n) is 15.9. The van der Waals surface area contributed by atoms with Crippen LogP contribution in [0.15, 0.2) is 77.6 Å². The minimum atomic E-state index is -0.570. The van der Waals surface area contributed by atoms with Crippen LogP contribution < -0.4 is 10.9 Å². The van der Waals surface area contributed by atoms with E-state index in [1.54, 1.807) is 61.5 Å². The highest BCUT2D eigenvalue weighted by Gasteiger charge is 2.19. The summed E-state index contributed by atoms with van der Waals surface area (Å²) in [4.78, 5) is 36.6. The molecule has 8 nitrogen and oxygen atoms in total. The fourth-order valence-electron chi connectivity index (χ4n) is 3.14. The van der Waals surface area contributed by atoms with Crippen LogP contribution in [0.2, 0.25) is 0 Å². The lowest BCUT2D eigenvalue weighted by Crippen LogP contribution is -2.26. The Morgan fingerprint density at radius 2 is 1.67 bits per heavy atom. The third kappa shape index (κ3) is 3.42. The smallest absolute Gasteiger partial charge is 0.279 e. The van der Waals surface area contributed by atoms with Crippen LogP contribution in [0, 0.1) is 17.0 Å². The summed E-state index contributed by atoms with van der Waals surface area (Å²) >= 11 is 0. The van der Waals surface area contributed by atoms with Crippen molar-refractivity contribution in [1.29, 1.82) is 0 Å². The predicted octanol–water partition coefficient (Wildman–Crippen LogP) is 3.85. The normalized spacial score (nSPS) is 10.7. The van der Waals surface area contributed by atoms with Crippen molar-refractivity contribution < 1.29 is 9.72 Å². The summed E-state index contributed by atoms with van der Waals surface area (Å²) in [5.74, 6) is -0.570. The molecule has 0 aliphatic heterocycles. The molecular weight excluding hydrogens is 384 g/mol. The molecule has 1 aromatic heterocycles. The van der Waals surface area contributed by atoms with Crippen LogP contribution in [0.1, 0.15) is 16.1 Å². The minimum Gasteiger partial charge on any atom is -0.320 e. The number of anilines is 1. The molecule has 0 saturated heterocycles. The van der Waals surface area contributed by atoms with Crippen LogP contribution in [0.3, 0.4) is 0 Å². The number of carbonyl (C=O) groups is 1. The van der Waals surface area contributed by atoms with Crippen LogP contribution in [-0.2, 0) is 0 Å². The molecular formula is C22H16N4O4. The predicted molar refractivity (Wildman–Crippen MR) is 113 cm³/mol. The fraction of sp³-hybridized carbons (Fsp3) is 0.0455. The summed E-state index contributed by atoms with van der Waals surface area (Å²) < 4.78 is 1.18.